The summed E-state index contributed by atoms with van der Waals surface area (Å²) in [4.78, 5) is 13.0. The smallest absolute Gasteiger partial charge is 0.148 e. The molecule has 0 saturated heterocycles. The molecule has 1 aromatic carbocycles. The van der Waals surface area contributed by atoms with Crippen molar-refractivity contribution in [3.05, 3.63) is 34.9 Å². The predicted molar refractivity (Wildman–Crippen MR) is 82.6 cm³/mol. The molecule has 1 unspecified atom stereocenters. The van der Waals surface area contributed by atoms with Crippen molar-refractivity contribution in [3.8, 4) is 0 Å². The van der Waals surface area contributed by atoms with Crippen LogP contribution in [0.25, 0.3) is 0 Å². The Morgan fingerprint density at radius 3 is 1.68 bits per heavy atom. The summed E-state index contributed by atoms with van der Waals surface area (Å²) in [5.74, 6) is 0.598. The number of carbonyl (C=O) groups is 1. The van der Waals surface area contributed by atoms with E-state index in [4.69, 9.17) is 0 Å². The number of aryl methyl sites for hydroxylation is 2. The van der Waals surface area contributed by atoms with Gasteiger partial charge in [-0.1, -0.05) is 63.9 Å². The van der Waals surface area contributed by atoms with E-state index in [1.165, 1.54) is 11.1 Å². The monoisotopic (exact) mass is 260 g/mol. The number of rotatable bonds is 3. The SMILES string of the molecule is Cc1cc(C)cc(C(C)(C(=O)C(C)(C)C)C(C)C)c1. The Hall–Kier alpha value is -1.11. The third-order valence-electron chi connectivity index (χ3n) is 4.13. The summed E-state index contributed by atoms with van der Waals surface area (Å²) in [6.07, 6.45) is 0. The Morgan fingerprint density at radius 2 is 1.37 bits per heavy atom. The first-order valence-electron chi connectivity index (χ1n) is 7.13. The molecule has 0 amide bonds. The number of hydrogen-bond acceptors (Lipinski definition) is 1. The Morgan fingerprint density at radius 1 is 0.947 bits per heavy atom. The van der Waals surface area contributed by atoms with Gasteiger partial charge in [-0.15, -0.1) is 0 Å². The summed E-state index contributed by atoms with van der Waals surface area (Å²) in [6.45, 7) is 16.6. The maximum absolute atomic E-state index is 13.0. The molecule has 0 fully saturated rings. The number of carbonyl (C=O) groups excluding carboxylic acids is 1. The van der Waals surface area contributed by atoms with E-state index >= 15 is 0 Å². The van der Waals surface area contributed by atoms with Crippen molar-refractivity contribution in [3.63, 3.8) is 0 Å². The van der Waals surface area contributed by atoms with Gasteiger partial charge in [0.05, 0.1) is 5.41 Å². The highest BCUT2D eigenvalue weighted by molar-refractivity contribution is 5.94. The average molecular weight is 260 g/mol. The van der Waals surface area contributed by atoms with Crippen LogP contribution < -0.4 is 0 Å². The van der Waals surface area contributed by atoms with Crippen LogP contribution in [0, 0.1) is 25.2 Å². The van der Waals surface area contributed by atoms with Crippen molar-refractivity contribution in [2.75, 3.05) is 0 Å². The minimum Gasteiger partial charge on any atom is -0.298 e. The van der Waals surface area contributed by atoms with Crippen LogP contribution >= 0.6 is 0 Å². The molecule has 0 aliphatic carbocycles. The molecule has 1 nitrogen and oxygen atoms in total. The summed E-state index contributed by atoms with van der Waals surface area (Å²) in [6, 6.07) is 6.49. The second-order valence-corrected chi connectivity index (χ2v) is 7.31. The van der Waals surface area contributed by atoms with E-state index in [2.05, 4.69) is 52.8 Å². The van der Waals surface area contributed by atoms with Gasteiger partial charge in [0, 0.05) is 5.41 Å². The molecule has 0 N–H and O–H groups in total. The Kier molecular flexibility index (Phi) is 4.29. The number of ketones is 1. The molecule has 19 heavy (non-hydrogen) atoms. The minimum atomic E-state index is -0.422. The van der Waals surface area contributed by atoms with E-state index < -0.39 is 5.41 Å². The van der Waals surface area contributed by atoms with Gasteiger partial charge >= 0.3 is 0 Å². The zero-order valence-corrected chi connectivity index (χ0v) is 13.7. The second kappa shape index (κ2) is 5.11. The van der Waals surface area contributed by atoms with Gasteiger partial charge < -0.3 is 0 Å². The Labute approximate surface area is 118 Å². The van der Waals surface area contributed by atoms with Gasteiger partial charge in [0.1, 0.15) is 5.78 Å². The molecule has 1 rings (SSSR count). The molecule has 1 aromatic rings. The van der Waals surface area contributed by atoms with Gasteiger partial charge in [-0.25, -0.2) is 0 Å². The van der Waals surface area contributed by atoms with Crippen molar-refractivity contribution in [2.45, 2.75) is 60.8 Å². The second-order valence-electron chi connectivity index (χ2n) is 7.31. The maximum Gasteiger partial charge on any atom is 0.148 e. The first-order valence-corrected chi connectivity index (χ1v) is 7.13. The molecule has 0 aromatic heterocycles. The van der Waals surface area contributed by atoms with Crippen molar-refractivity contribution in [1.82, 2.24) is 0 Å². The summed E-state index contributed by atoms with van der Waals surface area (Å²) >= 11 is 0. The van der Waals surface area contributed by atoms with Gasteiger partial charge in [-0.2, -0.15) is 0 Å². The van der Waals surface area contributed by atoms with Crippen LogP contribution in [-0.4, -0.2) is 5.78 Å². The fraction of sp³-hybridized carbons (Fsp3) is 0.611. The first kappa shape index (κ1) is 15.9. The van der Waals surface area contributed by atoms with E-state index in [-0.39, 0.29) is 11.3 Å². The van der Waals surface area contributed by atoms with Gasteiger partial charge in [0.2, 0.25) is 0 Å². The van der Waals surface area contributed by atoms with Gasteiger partial charge in [0.25, 0.3) is 0 Å². The highest BCUT2D eigenvalue weighted by Crippen LogP contribution is 2.39. The fourth-order valence-corrected chi connectivity index (χ4v) is 2.78. The lowest BCUT2D eigenvalue weighted by Gasteiger charge is -2.38. The highest BCUT2D eigenvalue weighted by atomic mass is 16.1. The molecule has 106 valence electrons. The van der Waals surface area contributed by atoms with E-state index in [0.29, 0.717) is 5.78 Å². The average Bonchev–Trinajstić information content (AvgIpc) is 2.23. The Bertz CT molecular complexity index is 457. The first-order chi connectivity index (χ1) is 8.49. The van der Waals surface area contributed by atoms with E-state index in [9.17, 15) is 4.79 Å². The van der Waals surface area contributed by atoms with Crippen molar-refractivity contribution in [1.29, 1.82) is 0 Å². The highest BCUT2D eigenvalue weighted by Gasteiger charge is 2.43. The van der Waals surface area contributed by atoms with Gasteiger partial charge in [0.15, 0.2) is 0 Å². The van der Waals surface area contributed by atoms with Crippen LogP contribution in [0.15, 0.2) is 18.2 Å². The lowest BCUT2D eigenvalue weighted by molar-refractivity contribution is -0.133. The molecular formula is C18H28O. The van der Waals surface area contributed by atoms with Gasteiger partial charge in [-0.05, 0) is 32.3 Å². The molecule has 0 spiro atoms. The van der Waals surface area contributed by atoms with Crippen LogP contribution in [0.4, 0.5) is 0 Å². The number of Topliss-reactive ketones (excluding diaryl/α,β-unsaturated/α-hetero) is 1. The van der Waals surface area contributed by atoms with Crippen molar-refractivity contribution >= 4 is 5.78 Å². The van der Waals surface area contributed by atoms with Crippen LogP contribution in [0.3, 0.4) is 0 Å². The van der Waals surface area contributed by atoms with E-state index in [1.54, 1.807) is 0 Å². The number of hydrogen-bond donors (Lipinski definition) is 0. The molecule has 0 bridgehead atoms. The zero-order chi connectivity index (χ0) is 15.0. The van der Waals surface area contributed by atoms with Crippen LogP contribution in [0.1, 0.15) is 58.2 Å². The largest absolute Gasteiger partial charge is 0.298 e. The molecule has 0 saturated carbocycles. The lowest BCUT2D eigenvalue weighted by Crippen LogP contribution is -2.44. The van der Waals surface area contributed by atoms with E-state index in [1.807, 2.05) is 20.8 Å². The molecule has 0 aliphatic rings. The maximum atomic E-state index is 13.0. The summed E-state index contributed by atoms with van der Waals surface area (Å²) in [7, 11) is 0. The molecule has 0 radical (unpaired) electrons. The van der Waals surface area contributed by atoms with Crippen LogP contribution in [0.5, 0.6) is 0 Å². The minimum absolute atomic E-state index is 0.278. The fourth-order valence-electron chi connectivity index (χ4n) is 2.78. The molecule has 0 aliphatic heterocycles. The normalized spacial score (nSPS) is 15.4. The van der Waals surface area contributed by atoms with Gasteiger partial charge in [-0.3, -0.25) is 4.79 Å². The van der Waals surface area contributed by atoms with Crippen LogP contribution in [-0.2, 0) is 10.2 Å². The standard InChI is InChI=1S/C18H28O/c1-12(2)18(8,16(19)17(5,6)7)15-10-13(3)9-14(4)11-15/h9-12H,1-8H3. The summed E-state index contributed by atoms with van der Waals surface area (Å²) in [5, 5.41) is 0. The summed E-state index contributed by atoms with van der Waals surface area (Å²) in [5.41, 5.74) is 2.86. The van der Waals surface area contributed by atoms with Crippen molar-refractivity contribution in [2.24, 2.45) is 11.3 Å². The third kappa shape index (κ3) is 3.08. The molecular weight excluding hydrogens is 232 g/mol. The van der Waals surface area contributed by atoms with E-state index in [0.717, 1.165) is 5.56 Å². The molecule has 0 heterocycles. The Balaban J connectivity index is 3.46. The van der Waals surface area contributed by atoms with Crippen molar-refractivity contribution < 1.29 is 4.79 Å². The van der Waals surface area contributed by atoms with Crippen LogP contribution in [0.2, 0.25) is 0 Å². The zero-order valence-electron chi connectivity index (χ0n) is 13.7. The lowest BCUT2D eigenvalue weighted by atomic mass is 9.63. The quantitative estimate of drug-likeness (QED) is 0.760. The molecule has 1 heteroatoms. The predicted octanol–water partition coefficient (Wildman–Crippen LogP) is 4.83. The third-order valence-corrected chi connectivity index (χ3v) is 4.13. The number of benzene rings is 1. The topological polar surface area (TPSA) is 17.1 Å². The summed E-state index contributed by atoms with van der Waals surface area (Å²) < 4.78 is 0. The molecule has 1 atom stereocenters.